The van der Waals surface area contributed by atoms with Gasteiger partial charge in [0.25, 0.3) is 0 Å². The first-order valence-electron chi connectivity index (χ1n) is 9.41. The number of hydrogen-bond acceptors (Lipinski definition) is 4. The summed E-state index contributed by atoms with van der Waals surface area (Å²) >= 11 is 0. The van der Waals surface area contributed by atoms with Crippen LogP contribution in [-0.2, 0) is 9.53 Å². The number of esters is 1. The highest BCUT2D eigenvalue weighted by Gasteiger charge is 2.56. The minimum absolute atomic E-state index is 0.0269. The summed E-state index contributed by atoms with van der Waals surface area (Å²) < 4.78 is 5.76. The average Bonchev–Trinajstić information content (AvgIpc) is 2.84. The molecule has 7 atom stereocenters. The average molecular weight is 344 g/mol. The first kappa shape index (κ1) is 17.0. The molecular weight excluding hydrogens is 316 g/mol. The molecule has 0 aliphatic heterocycles. The predicted octanol–water partition coefficient (Wildman–Crippen LogP) is 2.91. The third-order valence-corrected chi connectivity index (χ3v) is 7.34. The van der Waals surface area contributed by atoms with Crippen molar-refractivity contribution < 1.29 is 19.7 Å². The molecule has 0 saturated heterocycles. The number of aliphatic hydroxyl groups is 2. The van der Waals surface area contributed by atoms with E-state index in [9.17, 15) is 15.0 Å². The second-order valence-electron chi connectivity index (χ2n) is 8.74. The van der Waals surface area contributed by atoms with E-state index < -0.39 is 12.2 Å². The van der Waals surface area contributed by atoms with Gasteiger partial charge in [0.15, 0.2) is 0 Å². The zero-order chi connectivity index (χ0) is 18.0. The van der Waals surface area contributed by atoms with Crippen LogP contribution in [0, 0.1) is 22.7 Å². The summed E-state index contributed by atoms with van der Waals surface area (Å²) in [5.41, 5.74) is 2.07. The number of ether oxygens (including phenoxy) is 1. The molecule has 1 saturated carbocycles. The summed E-state index contributed by atoms with van der Waals surface area (Å²) in [6.45, 7) is 5.87. The molecule has 0 aromatic heterocycles. The molecule has 0 heterocycles. The van der Waals surface area contributed by atoms with Crippen molar-refractivity contribution in [2.24, 2.45) is 22.7 Å². The van der Waals surface area contributed by atoms with Gasteiger partial charge in [-0.05, 0) is 54.1 Å². The fourth-order valence-corrected chi connectivity index (χ4v) is 5.82. The van der Waals surface area contributed by atoms with Gasteiger partial charge in [-0.25, -0.2) is 0 Å². The smallest absolute Gasteiger partial charge is 0.303 e. The van der Waals surface area contributed by atoms with Gasteiger partial charge in [0.05, 0.1) is 12.2 Å². The van der Waals surface area contributed by atoms with E-state index in [1.165, 1.54) is 18.1 Å². The Morgan fingerprint density at radius 3 is 2.72 bits per heavy atom. The third-order valence-electron chi connectivity index (χ3n) is 7.34. The second kappa shape index (κ2) is 5.55. The predicted molar refractivity (Wildman–Crippen MR) is 94.5 cm³/mol. The molecule has 136 valence electrons. The Hall–Kier alpha value is -1.39. The van der Waals surface area contributed by atoms with Crippen LogP contribution in [0.3, 0.4) is 0 Å². The highest BCUT2D eigenvalue weighted by atomic mass is 16.5. The van der Waals surface area contributed by atoms with Crippen molar-refractivity contribution >= 4 is 5.97 Å². The Labute approximate surface area is 149 Å². The molecule has 1 fully saturated rings. The largest absolute Gasteiger partial charge is 0.458 e. The van der Waals surface area contributed by atoms with Gasteiger partial charge < -0.3 is 14.9 Å². The van der Waals surface area contributed by atoms with E-state index in [-0.39, 0.29) is 28.8 Å². The van der Waals surface area contributed by atoms with Crippen LogP contribution in [0.25, 0.3) is 0 Å². The maximum Gasteiger partial charge on any atom is 0.303 e. The van der Waals surface area contributed by atoms with Crippen molar-refractivity contribution in [2.75, 3.05) is 0 Å². The number of fused-ring (bicyclic) bond motifs is 4. The Balaban J connectivity index is 1.85. The number of carbonyl (C=O) groups is 1. The second-order valence-corrected chi connectivity index (χ2v) is 8.74. The molecule has 0 amide bonds. The summed E-state index contributed by atoms with van der Waals surface area (Å²) in [7, 11) is 0. The van der Waals surface area contributed by atoms with Gasteiger partial charge in [0.2, 0.25) is 0 Å². The van der Waals surface area contributed by atoms with E-state index in [0.717, 1.165) is 25.7 Å². The lowest BCUT2D eigenvalue weighted by Gasteiger charge is -2.55. The summed E-state index contributed by atoms with van der Waals surface area (Å²) in [5.74, 6) is 0.324. The van der Waals surface area contributed by atoms with E-state index in [1.54, 1.807) is 0 Å². The van der Waals surface area contributed by atoms with Crippen LogP contribution in [0.1, 0.15) is 46.5 Å². The minimum atomic E-state index is -0.469. The van der Waals surface area contributed by atoms with Gasteiger partial charge in [-0.15, -0.1) is 0 Å². The van der Waals surface area contributed by atoms with Crippen LogP contribution >= 0.6 is 0 Å². The molecule has 4 rings (SSSR count). The number of carbonyl (C=O) groups excluding carboxylic acids is 1. The van der Waals surface area contributed by atoms with Crippen molar-refractivity contribution in [3.05, 3.63) is 35.5 Å². The number of aliphatic hydroxyl groups excluding tert-OH is 2. The van der Waals surface area contributed by atoms with E-state index in [1.807, 2.05) is 18.2 Å². The van der Waals surface area contributed by atoms with E-state index in [4.69, 9.17) is 4.74 Å². The van der Waals surface area contributed by atoms with Crippen LogP contribution in [0.15, 0.2) is 35.5 Å². The lowest BCUT2D eigenvalue weighted by atomic mass is 9.50. The van der Waals surface area contributed by atoms with Crippen molar-refractivity contribution in [2.45, 2.75) is 64.8 Å². The first-order chi connectivity index (χ1) is 11.8. The topological polar surface area (TPSA) is 66.8 Å². The highest BCUT2D eigenvalue weighted by Crippen LogP contribution is 2.61. The standard InChI is InChI=1S/C21H28O4/c1-12(22)25-17-11-13-10-14(23)6-8-20(13,2)16-7-9-21(3)15(19(16)17)4-5-18(21)24/h4-6,8,13-14,16-18,23-24H,7,9-11H2,1-3H3/t13-,14-,16-,17-,18-,20-,21-/m0/s1. The van der Waals surface area contributed by atoms with Crippen molar-refractivity contribution in [1.82, 2.24) is 0 Å². The SMILES string of the molecule is CC(=O)O[C@H]1C[C@@H]2C[C@@H](O)C=C[C@]2(C)[C@H]2CC[C@@]3(C)C(=C12)C=C[C@@H]3O. The van der Waals surface area contributed by atoms with Crippen LogP contribution in [0.2, 0.25) is 0 Å². The van der Waals surface area contributed by atoms with Crippen LogP contribution in [0.4, 0.5) is 0 Å². The van der Waals surface area contributed by atoms with E-state index >= 15 is 0 Å². The molecule has 4 aliphatic rings. The van der Waals surface area contributed by atoms with Gasteiger partial charge in [-0.1, -0.05) is 38.2 Å². The summed E-state index contributed by atoms with van der Waals surface area (Å²) in [6, 6.07) is 0. The Kier molecular flexibility index (Phi) is 3.79. The molecule has 0 aromatic carbocycles. The Morgan fingerprint density at radius 1 is 1.24 bits per heavy atom. The maximum atomic E-state index is 11.8. The molecule has 4 nitrogen and oxygen atoms in total. The molecule has 0 spiro atoms. The quantitative estimate of drug-likeness (QED) is 0.567. The first-order valence-corrected chi connectivity index (χ1v) is 9.41. The fraction of sp³-hybridized carbons (Fsp3) is 0.667. The zero-order valence-electron chi connectivity index (χ0n) is 15.2. The summed E-state index contributed by atoms with van der Waals surface area (Å²) in [5, 5.41) is 20.6. The zero-order valence-corrected chi connectivity index (χ0v) is 15.2. The van der Waals surface area contributed by atoms with E-state index in [2.05, 4.69) is 19.9 Å². The Bertz CT molecular complexity index is 690. The van der Waals surface area contributed by atoms with Crippen LogP contribution in [-0.4, -0.2) is 34.5 Å². The molecular formula is C21H28O4. The van der Waals surface area contributed by atoms with Crippen LogP contribution in [0.5, 0.6) is 0 Å². The van der Waals surface area contributed by atoms with Gasteiger partial charge in [0.1, 0.15) is 6.10 Å². The number of allylic oxidation sites excluding steroid dienone is 2. The highest BCUT2D eigenvalue weighted by molar-refractivity contribution is 5.67. The molecule has 0 bridgehead atoms. The monoisotopic (exact) mass is 344 g/mol. The molecule has 0 unspecified atom stereocenters. The minimum Gasteiger partial charge on any atom is -0.458 e. The van der Waals surface area contributed by atoms with Crippen molar-refractivity contribution in [3.8, 4) is 0 Å². The summed E-state index contributed by atoms with van der Waals surface area (Å²) in [6.07, 6.45) is 10.3. The summed E-state index contributed by atoms with van der Waals surface area (Å²) in [4.78, 5) is 11.8. The van der Waals surface area contributed by atoms with Gasteiger partial charge in [-0.2, -0.15) is 0 Å². The van der Waals surface area contributed by atoms with Gasteiger partial charge in [-0.3, -0.25) is 4.79 Å². The molecule has 2 N–H and O–H groups in total. The third kappa shape index (κ3) is 2.37. The Morgan fingerprint density at radius 2 is 2.00 bits per heavy atom. The van der Waals surface area contributed by atoms with Crippen molar-refractivity contribution in [3.63, 3.8) is 0 Å². The number of rotatable bonds is 1. The van der Waals surface area contributed by atoms with Crippen molar-refractivity contribution in [1.29, 1.82) is 0 Å². The molecule has 4 heteroatoms. The van der Waals surface area contributed by atoms with Gasteiger partial charge >= 0.3 is 5.97 Å². The maximum absolute atomic E-state index is 11.8. The molecule has 25 heavy (non-hydrogen) atoms. The molecule has 0 radical (unpaired) electrons. The van der Waals surface area contributed by atoms with Crippen LogP contribution < -0.4 is 0 Å². The van der Waals surface area contributed by atoms with E-state index in [0.29, 0.717) is 5.92 Å². The number of hydrogen-bond donors (Lipinski definition) is 2. The normalized spacial score (nSPS) is 48.0. The fourth-order valence-electron chi connectivity index (χ4n) is 5.82. The molecule has 0 aromatic rings. The van der Waals surface area contributed by atoms with Gasteiger partial charge in [0, 0.05) is 12.3 Å². The molecule has 4 aliphatic carbocycles. The lowest BCUT2D eigenvalue weighted by molar-refractivity contribution is -0.148. The lowest BCUT2D eigenvalue weighted by Crippen LogP contribution is -2.51.